The van der Waals surface area contributed by atoms with Gasteiger partial charge in [-0.25, -0.2) is 4.98 Å². The summed E-state index contributed by atoms with van der Waals surface area (Å²) < 4.78 is 1.75. The Bertz CT molecular complexity index is 920. The van der Waals surface area contributed by atoms with Gasteiger partial charge in [0.2, 0.25) is 0 Å². The quantitative estimate of drug-likeness (QED) is 0.461. The number of amides is 1. The number of carbonyl (C=O) groups is 1. The summed E-state index contributed by atoms with van der Waals surface area (Å²) in [5.41, 5.74) is 2.32. The van der Waals surface area contributed by atoms with Crippen LogP contribution in [0, 0.1) is 11.3 Å². The Morgan fingerprint density at radius 3 is 2.23 bits per heavy atom. The van der Waals surface area contributed by atoms with Gasteiger partial charge < -0.3 is 9.88 Å². The second-order valence-electron chi connectivity index (χ2n) is 7.43. The van der Waals surface area contributed by atoms with Crippen molar-refractivity contribution in [3.05, 3.63) is 90.0 Å². The number of aromatic nitrogens is 2. The fraction of sp³-hybridized carbons (Fsp3) is 0.320. The lowest BCUT2D eigenvalue weighted by Gasteiger charge is -2.19. The number of benzene rings is 2. The van der Waals surface area contributed by atoms with E-state index in [-0.39, 0.29) is 18.0 Å². The minimum absolute atomic E-state index is 0.255. The van der Waals surface area contributed by atoms with E-state index >= 15 is 0 Å². The van der Waals surface area contributed by atoms with Crippen LogP contribution in [0.4, 0.5) is 0 Å². The van der Waals surface area contributed by atoms with Gasteiger partial charge in [0.25, 0.3) is 5.91 Å². The number of hydrogen-bond acceptors (Lipinski definition) is 3. The van der Waals surface area contributed by atoms with Gasteiger partial charge in [-0.2, -0.15) is 5.26 Å². The molecule has 1 N–H and O–H groups in total. The van der Waals surface area contributed by atoms with E-state index in [9.17, 15) is 10.1 Å². The summed E-state index contributed by atoms with van der Waals surface area (Å²) in [6, 6.07) is 21.5. The first-order valence-electron chi connectivity index (χ1n) is 10.6. The maximum absolute atomic E-state index is 13.0. The fourth-order valence-corrected chi connectivity index (χ4v) is 3.52. The van der Waals surface area contributed by atoms with E-state index in [1.165, 1.54) is 6.42 Å². The molecule has 1 heterocycles. The van der Waals surface area contributed by atoms with Crippen LogP contribution in [0.3, 0.4) is 0 Å². The van der Waals surface area contributed by atoms with Crippen LogP contribution in [0.25, 0.3) is 0 Å². The highest BCUT2D eigenvalue weighted by Crippen LogP contribution is 2.22. The second-order valence-corrected chi connectivity index (χ2v) is 7.43. The van der Waals surface area contributed by atoms with Gasteiger partial charge >= 0.3 is 0 Å². The van der Waals surface area contributed by atoms with E-state index in [2.05, 4.69) is 23.3 Å². The molecule has 1 atom stereocenters. The minimum atomic E-state index is -0.296. The van der Waals surface area contributed by atoms with E-state index in [1.54, 1.807) is 17.1 Å². The largest absolute Gasteiger partial charge is 0.340 e. The molecule has 0 radical (unpaired) electrons. The maximum Gasteiger partial charge on any atom is 0.272 e. The molecule has 0 bridgehead atoms. The number of carbonyl (C=O) groups excluding carboxylic acids is 1. The molecular weight excluding hydrogens is 372 g/mol. The Morgan fingerprint density at radius 2 is 1.67 bits per heavy atom. The highest BCUT2D eigenvalue weighted by molar-refractivity contribution is 5.92. The van der Waals surface area contributed by atoms with Crippen LogP contribution < -0.4 is 5.32 Å². The van der Waals surface area contributed by atoms with Crippen LogP contribution in [0.2, 0.25) is 0 Å². The predicted molar refractivity (Wildman–Crippen MR) is 118 cm³/mol. The van der Waals surface area contributed by atoms with E-state index in [0.717, 1.165) is 36.8 Å². The Hall–Kier alpha value is -3.39. The van der Waals surface area contributed by atoms with Crippen LogP contribution >= 0.6 is 0 Å². The van der Waals surface area contributed by atoms with E-state index in [0.29, 0.717) is 5.69 Å². The Morgan fingerprint density at radius 1 is 1.03 bits per heavy atom. The third kappa shape index (κ3) is 5.57. The number of nitriles is 1. The molecule has 0 saturated carbocycles. The van der Waals surface area contributed by atoms with Crippen molar-refractivity contribution in [2.24, 2.45) is 0 Å². The topological polar surface area (TPSA) is 70.7 Å². The van der Waals surface area contributed by atoms with E-state index < -0.39 is 0 Å². The van der Waals surface area contributed by atoms with Crippen molar-refractivity contribution < 1.29 is 4.79 Å². The first kappa shape index (κ1) is 21.3. The predicted octanol–water partition coefficient (Wildman–Crippen LogP) is 5.44. The summed E-state index contributed by atoms with van der Waals surface area (Å²) in [6.45, 7) is 2.17. The molecule has 0 saturated heterocycles. The van der Waals surface area contributed by atoms with E-state index in [4.69, 9.17) is 0 Å². The van der Waals surface area contributed by atoms with Crippen molar-refractivity contribution in [1.82, 2.24) is 14.9 Å². The molecule has 0 aliphatic carbocycles. The van der Waals surface area contributed by atoms with Crippen molar-refractivity contribution in [2.75, 3.05) is 0 Å². The SMILES string of the molecule is CCCCCCC(C#N)n1cnc(C(=O)NC(c2ccccc2)c2ccccc2)c1. The molecule has 3 rings (SSSR count). The number of nitrogens with zero attached hydrogens (tertiary/aromatic N) is 3. The molecule has 1 aromatic heterocycles. The van der Waals surface area contributed by atoms with Crippen molar-refractivity contribution >= 4 is 5.91 Å². The summed E-state index contributed by atoms with van der Waals surface area (Å²) in [7, 11) is 0. The average Bonchev–Trinajstić information content (AvgIpc) is 3.29. The summed E-state index contributed by atoms with van der Waals surface area (Å²) in [5.74, 6) is -0.255. The Balaban J connectivity index is 1.73. The summed E-state index contributed by atoms with van der Waals surface area (Å²) in [5, 5.41) is 12.6. The smallest absolute Gasteiger partial charge is 0.272 e. The molecule has 1 unspecified atom stereocenters. The Labute approximate surface area is 178 Å². The van der Waals surface area contributed by atoms with Crippen LogP contribution in [0.1, 0.15) is 72.7 Å². The molecule has 154 valence electrons. The lowest BCUT2D eigenvalue weighted by atomic mass is 9.98. The van der Waals surface area contributed by atoms with Crippen molar-refractivity contribution in [3.8, 4) is 6.07 Å². The van der Waals surface area contributed by atoms with Crippen LogP contribution in [-0.4, -0.2) is 15.5 Å². The zero-order valence-corrected chi connectivity index (χ0v) is 17.4. The standard InChI is InChI=1S/C25H28N4O/c1-2-3-4-11-16-22(17-26)29-18-23(27-19-29)25(30)28-24(20-12-7-5-8-13-20)21-14-9-6-10-15-21/h5-10,12-15,18-19,22,24H,2-4,11,16H2,1H3,(H,28,30). The highest BCUT2D eigenvalue weighted by atomic mass is 16.2. The lowest BCUT2D eigenvalue weighted by Crippen LogP contribution is -2.29. The first-order chi connectivity index (χ1) is 14.7. The van der Waals surface area contributed by atoms with Gasteiger partial charge in [-0.05, 0) is 17.5 Å². The molecule has 3 aromatic rings. The fourth-order valence-electron chi connectivity index (χ4n) is 3.52. The maximum atomic E-state index is 13.0. The normalized spacial score (nSPS) is 11.8. The van der Waals surface area contributed by atoms with Gasteiger partial charge in [0.15, 0.2) is 0 Å². The molecule has 0 aliphatic rings. The van der Waals surface area contributed by atoms with Gasteiger partial charge in [0.05, 0.1) is 18.4 Å². The van der Waals surface area contributed by atoms with Crippen molar-refractivity contribution in [2.45, 2.75) is 51.1 Å². The Kier molecular flexibility index (Phi) is 7.79. The third-order valence-electron chi connectivity index (χ3n) is 5.22. The summed E-state index contributed by atoms with van der Waals surface area (Å²) >= 11 is 0. The molecule has 2 aromatic carbocycles. The molecule has 0 spiro atoms. The van der Waals surface area contributed by atoms with Crippen LogP contribution in [-0.2, 0) is 0 Å². The van der Waals surface area contributed by atoms with Gasteiger partial charge in [-0.1, -0.05) is 93.3 Å². The van der Waals surface area contributed by atoms with Gasteiger partial charge in [0.1, 0.15) is 11.7 Å². The lowest BCUT2D eigenvalue weighted by molar-refractivity contribution is 0.0938. The number of rotatable bonds is 10. The minimum Gasteiger partial charge on any atom is -0.340 e. The summed E-state index contributed by atoms with van der Waals surface area (Å²) in [4.78, 5) is 17.2. The highest BCUT2D eigenvalue weighted by Gasteiger charge is 2.20. The van der Waals surface area contributed by atoms with Crippen molar-refractivity contribution in [1.29, 1.82) is 5.26 Å². The molecule has 0 fully saturated rings. The zero-order chi connectivity index (χ0) is 21.2. The van der Waals surface area contributed by atoms with Gasteiger partial charge in [-0.3, -0.25) is 4.79 Å². The van der Waals surface area contributed by atoms with Gasteiger partial charge in [-0.15, -0.1) is 0 Å². The van der Waals surface area contributed by atoms with Gasteiger partial charge in [0, 0.05) is 6.20 Å². The first-order valence-corrected chi connectivity index (χ1v) is 10.6. The van der Waals surface area contributed by atoms with E-state index in [1.807, 2.05) is 60.7 Å². The number of nitrogens with one attached hydrogen (secondary N) is 1. The molecule has 30 heavy (non-hydrogen) atoms. The molecule has 5 heteroatoms. The number of imidazole rings is 1. The zero-order valence-electron chi connectivity index (χ0n) is 17.4. The summed E-state index contributed by atoms with van der Waals surface area (Å²) in [6.07, 6.45) is 8.48. The number of hydrogen-bond donors (Lipinski definition) is 1. The molecule has 1 amide bonds. The molecular formula is C25H28N4O. The second kappa shape index (κ2) is 11.0. The monoisotopic (exact) mass is 400 g/mol. The molecule has 5 nitrogen and oxygen atoms in total. The third-order valence-corrected chi connectivity index (χ3v) is 5.22. The molecule has 0 aliphatic heterocycles. The van der Waals surface area contributed by atoms with Crippen LogP contribution in [0.5, 0.6) is 0 Å². The van der Waals surface area contributed by atoms with Crippen LogP contribution in [0.15, 0.2) is 73.2 Å². The number of unbranched alkanes of at least 4 members (excludes halogenated alkanes) is 3. The van der Waals surface area contributed by atoms with Crippen molar-refractivity contribution in [3.63, 3.8) is 0 Å². The average molecular weight is 401 g/mol.